The molecule has 0 aromatic heterocycles. The Bertz CT molecular complexity index is 376. The van der Waals surface area contributed by atoms with E-state index in [0.717, 1.165) is 43.1 Å². The van der Waals surface area contributed by atoms with Gasteiger partial charge in [0.15, 0.2) is 0 Å². The number of rotatable bonds is 5. The maximum Gasteiger partial charge on any atom is 0.130 e. The van der Waals surface area contributed by atoms with Gasteiger partial charge >= 0.3 is 0 Å². The second-order valence-electron chi connectivity index (χ2n) is 3.71. The molecule has 86 valence electrons. The number of anilines is 1. The van der Waals surface area contributed by atoms with Crippen LogP contribution < -0.4 is 10.6 Å². The molecule has 1 aromatic carbocycles. The van der Waals surface area contributed by atoms with E-state index >= 15 is 0 Å². The molecule has 3 N–H and O–H groups in total. The van der Waals surface area contributed by atoms with Gasteiger partial charge in [-0.25, -0.2) is 0 Å². The van der Waals surface area contributed by atoms with Gasteiger partial charge in [-0.3, -0.25) is 4.99 Å². The fraction of sp³-hybridized carbons (Fsp3) is 0.417. The predicted octanol–water partition coefficient (Wildman–Crippen LogP) is 0.831. The molecule has 1 aliphatic heterocycles. The monoisotopic (exact) mass is 219 g/mol. The fourth-order valence-corrected chi connectivity index (χ4v) is 1.72. The van der Waals surface area contributed by atoms with Gasteiger partial charge < -0.3 is 15.7 Å². The van der Waals surface area contributed by atoms with E-state index in [9.17, 15) is 0 Å². The van der Waals surface area contributed by atoms with Gasteiger partial charge in [0, 0.05) is 30.9 Å². The second-order valence-corrected chi connectivity index (χ2v) is 3.71. The van der Waals surface area contributed by atoms with Crippen molar-refractivity contribution in [3.63, 3.8) is 0 Å². The molecule has 0 spiro atoms. The average Bonchev–Trinajstić information content (AvgIpc) is 2.83. The van der Waals surface area contributed by atoms with Crippen molar-refractivity contribution >= 4 is 11.5 Å². The van der Waals surface area contributed by atoms with Crippen molar-refractivity contribution in [1.29, 1.82) is 0 Å². The molecule has 0 saturated heterocycles. The quantitative estimate of drug-likeness (QED) is 0.643. The molecule has 1 aliphatic rings. The summed E-state index contributed by atoms with van der Waals surface area (Å²) >= 11 is 0. The number of nitrogens with zero attached hydrogens (tertiary/aromatic N) is 1. The van der Waals surface area contributed by atoms with Gasteiger partial charge in [0.1, 0.15) is 5.84 Å². The van der Waals surface area contributed by atoms with Crippen LogP contribution in [-0.2, 0) is 0 Å². The minimum absolute atomic E-state index is 0.217. The van der Waals surface area contributed by atoms with Crippen LogP contribution in [0.25, 0.3) is 0 Å². The number of amidine groups is 1. The Morgan fingerprint density at radius 3 is 3.00 bits per heavy atom. The first-order valence-electron chi connectivity index (χ1n) is 5.64. The van der Waals surface area contributed by atoms with E-state index in [2.05, 4.69) is 21.7 Å². The first-order valence-corrected chi connectivity index (χ1v) is 5.64. The number of hydrogen-bond acceptors (Lipinski definition) is 4. The van der Waals surface area contributed by atoms with Gasteiger partial charge in [-0.2, -0.15) is 0 Å². The topological polar surface area (TPSA) is 56.6 Å². The third-order valence-electron chi connectivity index (χ3n) is 2.51. The lowest BCUT2D eigenvalue weighted by Gasteiger charge is -2.11. The molecule has 2 rings (SSSR count). The van der Waals surface area contributed by atoms with E-state index in [0.29, 0.717) is 0 Å². The fourth-order valence-electron chi connectivity index (χ4n) is 1.72. The molecule has 0 saturated carbocycles. The summed E-state index contributed by atoms with van der Waals surface area (Å²) in [6, 6.07) is 8.10. The number of aliphatic imine (C=N–C) groups is 1. The number of aliphatic hydroxyl groups is 1. The third-order valence-corrected chi connectivity index (χ3v) is 2.51. The van der Waals surface area contributed by atoms with Crippen molar-refractivity contribution in [2.75, 3.05) is 31.6 Å². The highest BCUT2D eigenvalue weighted by molar-refractivity contribution is 6.04. The molecule has 1 heterocycles. The predicted molar refractivity (Wildman–Crippen MR) is 66.0 cm³/mol. The molecule has 0 unspecified atom stereocenters. The highest BCUT2D eigenvalue weighted by Crippen LogP contribution is 2.16. The van der Waals surface area contributed by atoms with Crippen molar-refractivity contribution < 1.29 is 5.11 Å². The van der Waals surface area contributed by atoms with Crippen molar-refractivity contribution in [3.05, 3.63) is 29.8 Å². The van der Waals surface area contributed by atoms with Crippen LogP contribution in [0.4, 0.5) is 5.69 Å². The first-order chi connectivity index (χ1) is 7.92. The van der Waals surface area contributed by atoms with Gasteiger partial charge in [0.2, 0.25) is 0 Å². The summed E-state index contributed by atoms with van der Waals surface area (Å²) in [5.74, 6) is 0.965. The molecule has 0 amide bonds. The second kappa shape index (κ2) is 5.51. The Kier molecular flexibility index (Phi) is 3.77. The Balaban J connectivity index is 2.10. The molecule has 4 nitrogen and oxygen atoms in total. The van der Waals surface area contributed by atoms with Crippen LogP contribution in [0.2, 0.25) is 0 Å². The minimum atomic E-state index is 0.217. The van der Waals surface area contributed by atoms with Crippen LogP contribution in [0.3, 0.4) is 0 Å². The van der Waals surface area contributed by atoms with Crippen LogP contribution in [0.15, 0.2) is 29.3 Å². The van der Waals surface area contributed by atoms with Crippen molar-refractivity contribution in [2.24, 2.45) is 4.99 Å². The van der Waals surface area contributed by atoms with Gasteiger partial charge in [-0.15, -0.1) is 0 Å². The molecular formula is C12H17N3O. The van der Waals surface area contributed by atoms with E-state index in [4.69, 9.17) is 5.11 Å². The van der Waals surface area contributed by atoms with E-state index < -0.39 is 0 Å². The molecule has 0 bridgehead atoms. The van der Waals surface area contributed by atoms with Crippen LogP contribution in [-0.4, -0.2) is 37.2 Å². The van der Waals surface area contributed by atoms with Crippen molar-refractivity contribution in [3.8, 4) is 0 Å². The summed E-state index contributed by atoms with van der Waals surface area (Å²) < 4.78 is 0. The van der Waals surface area contributed by atoms with E-state index in [1.165, 1.54) is 0 Å². The summed E-state index contributed by atoms with van der Waals surface area (Å²) in [6.45, 7) is 2.76. The normalized spacial score (nSPS) is 14.4. The maximum atomic E-state index is 8.75. The first kappa shape index (κ1) is 11.0. The zero-order chi connectivity index (χ0) is 11.2. The number of hydrogen-bond donors (Lipinski definition) is 3. The smallest absolute Gasteiger partial charge is 0.130 e. The Labute approximate surface area is 95.4 Å². The van der Waals surface area contributed by atoms with Crippen molar-refractivity contribution in [1.82, 2.24) is 5.32 Å². The number of nitrogens with one attached hydrogen (secondary N) is 2. The molecule has 4 heteroatoms. The Morgan fingerprint density at radius 2 is 2.25 bits per heavy atom. The van der Waals surface area contributed by atoms with Crippen LogP contribution in [0.1, 0.15) is 12.0 Å². The van der Waals surface area contributed by atoms with Crippen LogP contribution >= 0.6 is 0 Å². The van der Waals surface area contributed by atoms with Crippen LogP contribution in [0.5, 0.6) is 0 Å². The van der Waals surface area contributed by atoms with E-state index in [1.807, 2.05) is 18.2 Å². The van der Waals surface area contributed by atoms with Gasteiger partial charge in [-0.05, 0) is 18.6 Å². The van der Waals surface area contributed by atoms with E-state index in [1.54, 1.807) is 0 Å². The molecular weight excluding hydrogens is 202 g/mol. The van der Waals surface area contributed by atoms with Crippen LogP contribution in [0, 0.1) is 0 Å². The minimum Gasteiger partial charge on any atom is -0.396 e. The zero-order valence-electron chi connectivity index (χ0n) is 9.24. The number of benzene rings is 1. The standard InChI is InChI=1S/C12H17N3O/c16-9-3-6-13-11-5-2-1-4-10(11)12-14-7-8-15-12/h1-2,4-5,13,16H,3,6-9H2,(H,14,15). The molecule has 0 radical (unpaired) electrons. The van der Waals surface area contributed by atoms with Gasteiger partial charge in [-0.1, -0.05) is 12.1 Å². The summed E-state index contributed by atoms with van der Waals surface area (Å²) in [6.07, 6.45) is 0.758. The van der Waals surface area contributed by atoms with E-state index in [-0.39, 0.29) is 6.61 Å². The summed E-state index contributed by atoms with van der Waals surface area (Å²) in [5.41, 5.74) is 2.18. The summed E-state index contributed by atoms with van der Waals surface area (Å²) in [7, 11) is 0. The lowest BCUT2D eigenvalue weighted by Crippen LogP contribution is -2.21. The lowest BCUT2D eigenvalue weighted by atomic mass is 10.1. The SMILES string of the molecule is OCCCNc1ccccc1C1=NCCN1. The highest BCUT2D eigenvalue weighted by atomic mass is 16.3. The third kappa shape index (κ3) is 2.52. The number of aliphatic hydroxyl groups excluding tert-OH is 1. The van der Waals surface area contributed by atoms with Gasteiger partial charge in [0.05, 0.1) is 6.54 Å². The molecule has 1 aromatic rings. The lowest BCUT2D eigenvalue weighted by molar-refractivity contribution is 0.292. The Morgan fingerprint density at radius 1 is 1.38 bits per heavy atom. The zero-order valence-corrected chi connectivity index (χ0v) is 9.24. The highest BCUT2D eigenvalue weighted by Gasteiger charge is 2.11. The number of para-hydroxylation sites is 1. The molecule has 0 aliphatic carbocycles. The van der Waals surface area contributed by atoms with Gasteiger partial charge in [0.25, 0.3) is 0 Å². The maximum absolute atomic E-state index is 8.75. The molecule has 16 heavy (non-hydrogen) atoms. The molecule has 0 atom stereocenters. The average molecular weight is 219 g/mol. The molecule has 0 fully saturated rings. The largest absolute Gasteiger partial charge is 0.396 e. The van der Waals surface area contributed by atoms with Crippen molar-refractivity contribution in [2.45, 2.75) is 6.42 Å². The summed E-state index contributed by atoms with van der Waals surface area (Å²) in [4.78, 5) is 4.41. The summed E-state index contributed by atoms with van der Waals surface area (Å²) in [5, 5.41) is 15.3. The Hall–Kier alpha value is -1.55.